The van der Waals surface area contributed by atoms with Gasteiger partial charge in [-0.15, -0.1) is 0 Å². The summed E-state index contributed by atoms with van der Waals surface area (Å²) in [5.41, 5.74) is 1.90. The Morgan fingerprint density at radius 3 is 0.563 bits per heavy atom. The predicted octanol–water partition coefficient (Wildman–Crippen LogP) is 22.3. The number of rotatable bonds is 30. The number of carbonyl (C=O) groups is 4. The standard InChI is InChI=1S/2C22H23OS.2C19H17S.2C6H8F2O5S.2C5H6F2O5S/c2*1-22(2,3)23-18-14-16-21(17-15-18)24(19-10-6-4-7-11-19)20-12-8-5-9-13-20;2*1-16-12-14-19(15-13-16)20(17-8-4-2-5-9-17)18-10-6-3-7-11-18;2*1-4(2)5(9)13-3-6(7,8)14(10,11)12;2*1-2-4(8)12-3-5(6,7)13(9,10)11/h2*4-17H,1-3H3;2*2-15H,1H3;2*1,3H2,2H3,(H,10,11,12);2*2H,1,3H2,(H,9,10,11)/q4*+1;;;;/p-4. The highest BCUT2D eigenvalue weighted by atomic mass is 32.2. The van der Waals surface area contributed by atoms with Gasteiger partial charge in [0.25, 0.3) is 0 Å². The van der Waals surface area contributed by atoms with E-state index in [1.165, 1.54) is 83.7 Å². The summed E-state index contributed by atoms with van der Waals surface area (Å²) in [5.74, 6) is -3.01. The van der Waals surface area contributed by atoms with Gasteiger partial charge in [0.1, 0.15) is 22.7 Å². The maximum atomic E-state index is 12.3. The highest BCUT2D eigenvalue weighted by Gasteiger charge is 2.43. The van der Waals surface area contributed by atoms with Gasteiger partial charge in [-0.1, -0.05) is 207 Å². The molecule has 0 aliphatic rings. The minimum atomic E-state index is -5.81. The van der Waals surface area contributed by atoms with Crippen LogP contribution in [-0.4, -0.2) is 134 Å². The molecule has 0 saturated carbocycles. The minimum absolute atomic E-state index is 0.0229. The average molecular weight is 2110 g/mol. The molecule has 0 heterocycles. The highest BCUT2D eigenvalue weighted by molar-refractivity contribution is 7.98. The highest BCUT2D eigenvalue weighted by Crippen LogP contribution is 2.38. The van der Waals surface area contributed by atoms with Crippen LogP contribution in [-0.2, 0) is 122 Å². The maximum Gasteiger partial charge on any atom is 0.367 e. The quantitative estimate of drug-likeness (QED) is 0.0101. The first kappa shape index (κ1) is 120. The molecule has 0 fully saturated rings. The van der Waals surface area contributed by atoms with Crippen LogP contribution in [0.4, 0.5) is 35.1 Å². The molecule has 0 amide bonds. The first-order chi connectivity index (χ1) is 66.3. The van der Waals surface area contributed by atoms with Crippen LogP contribution in [0, 0.1) is 13.8 Å². The van der Waals surface area contributed by atoms with Crippen LogP contribution in [0.3, 0.4) is 0 Å². The van der Waals surface area contributed by atoms with Gasteiger partial charge in [0, 0.05) is 23.3 Å². The zero-order valence-corrected chi connectivity index (χ0v) is 84.9. The molecule has 12 rings (SSSR count). The van der Waals surface area contributed by atoms with Crippen LogP contribution in [0.25, 0.3) is 0 Å². The summed E-state index contributed by atoms with van der Waals surface area (Å²) in [6.07, 6.45) is 1.13. The van der Waals surface area contributed by atoms with E-state index in [4.69, 9.17) is 9.47 Å². The fourth-order valence-corrected chi connectivity index (χ4v) is 19.8. The molecule has 756 valence electrons. The summed E-state index contributed by atoms with van der Waals surface area (Å²) in [5, 5.41) is -18.4. The summed E-state index contributed by atoms with van der Waals surface area (Å²) < 4.78 is 244. The van der Waals surface area contributed by atoms with Crippen molar-refractivity contribution in [2.24, 2.45) is 0 Å². The number of hydrogen-bond acceptors (Lipinski definition) is 22. The first-order valence-electron chi connectivity index (χ1n) is 42.0. The molecule has 0 radical (unpaired) electrons. The summed E-state index contributed by atoms with van der Waals surface area (Å²) in [7, 11) is -23.5. The second-order valence-electron chi connectivity index (χ2n) is 31.4. The van der Waals surface area contributed by atoms with Gasteiger partial charge >= 0.3 is 44.9 Å². The van der Waals surface area contributed by atoms with E-state index in [1.54, 1.807) is 0 Å². The van der Waals surface area contributed by atoms with Crippen molar-refractivity contribution in [3.63, 3.8) is 0 Å². The maximum absolute atomic E-state index is 12.3. The Morgan fingerprint density at radius 2 is 0.423 bits per heavy atom. The molecule has 0 spiro atoms. The van der Waals surface area contributed by atoms with Crippen molar-refractivity contribution in [1.82, 2.24) is 0 Å². The Morgan fingerprint density at radius 1 is 0.275 bits per heavy atom. The third kappa shape index (κ3) is 41.6. The lowest BCUT2D eigenvalue weighted by Crippen LogP contribution is -2.34. The number of esters is 4. The molecule has 0 aliphatic carbocycles. The fourth-order valence-electron chi connectivity index (χ4n) is 10.7. The van der Waals surface area contributed by atoms with E-state index in [0.717, 1.165) is 11.5 Å². The number of carbonyl (C=O) groups excluding carboxylic acids is 4. The van der Waals surface area contributed by atoms with E-state index in [0.29, 0.717) is 12.2 Å². The zero-order chi connectivity index (χ0) is 106. The van der Waals surface area contributed by atoms with E-state index in [-0.39, 0.29) is 65.9 Å². The molecule has 142 heavy (non-hydrogen) atoms. The van der Waals surface area contributed by atoms with Gasteiger partial charge in [-0.3, -0.25) is 0 Å². The smallest absolute Gasteiger partial charge is 0.367 e. The summed E-state index contributed by atoms with van der Waals surface area (Å²) in [6, 6.07) is 121. The Hall–Kier alpha value is -12.4. The normalized spacial score (nSPS) is 11.6. The number of alkyl halides is 8. The van der Waals surface area contributed by atoms with Crippen LogP contribution in [0.5, 0.6) is 11.5 Å². The van der Waals surface area contributed by atoms with Gasteiger partial charge in [-0.2, -0.15) is 35.1 Å². The van der Waals surface area contributed by atoms with Crippen molar-refractivity contribution in [3.05, 3.63) is 400 Å². The molecule has 0 N–H and O–H groups in total. The van der Waals surface area contributed by atoms with Gasteiger partial charge in [-0.25, -0.2) is 52.8 Å². The average Bonchev–Trinajstić information content (AvgIpc) is 0.814. The molecule has 0 unspecified atom stereocenters. The summed E-state index contributed by atoms with van der Waals surface area (Å²) in [4.78, 5) is 57.7. The van der Waals surface area contributed by atoms with E-state index in [2.05, 4.69) is 440 Å². The molecule has 0 saturated heterocycles. The Labute approximate surface area is 835 Å². The second-order valence-corrected chi connectivity index (χ2v) is 45.6. The van der Waals surface area contributed by atoms with Crippen molar-refractivity contribution in [3.8, 4) is 11.5 Å². The van der Waals surface area contributed by atoms with Crippen LogP contribution in [0.2, 0.25) is 0 Å². The number of hydrogen-bond donors (Lipinski definition) is 0. The molecule has 0 bridgehead atoms. The number of ether oxygens (including phenoxy) is 6. The van der Waals surface area contributed by atoms with E-state index in [1.807, 2.05) is 0 Å². The Balaban J connectivity index is 0.000000290. The van der Waals surface area contributed by atoms with Crippen molar-refractivity contribution < 1.29 is 135 Å². The number of benzene rings is 12. The van der Waals surface area contributed by atoms with Crippen molar-refractivity contribution in [2.75, 3.05) is 26.4 Å². The monoisotopic (exact) mass is 2110 g/mol. The topological polar surface area (TPSA) is 352 Å². The largest absolute Gasteiger partial charge is 0.743 e. The third-order valence-corrected chi connectivity index (χ3v) is 29.6. The van der Waals surface area contributed by atoms with E-state index < -0.39 is 112 Å². The van der Waals surface area contributed by atoms with Crippen LogP contribution >= 0.6 is 0 Å². The van der Waals surface area contributed by atoms with Crippen LogP contribution in [0.15, 0.2) is 448 Å². The molecule has 12 aromatic rings. The molecule has 22 nitrogen and oxygen atoms in total. The number of aryl methyl sites for hydroxylation is 2. The molecule has 0 atom stereocenters. The lowest BCUT2D eigenvalue weighted by molar-refractivity contribution is -0.145. The molecule has 0 aliphatic heterocycles. The zero-order valence-electron chi connectivity index (χ0n) is 78.4. The number of halogens is 8. The molecule has 0 aromatic heterocycles. The molecular weight excluding hydrogens is 2010 g/mol. The summed E-state index contributed by atoms with van der Waals surface area (Å²) >= 11 is 0. The second kappa shape index (κ2) is 55.8. The van der Waals surface area contributed by atoms with Crippen molar-refractivity contribution >= 4 is 108 Å². The first-order valence-corrected chi connectivity index (χ1v) is 52.5. The summed E-state index contributed by atoms with van der Waals surface area (Å²) in [6.45, 7) is 23.7. The molecule has 38 heteroatoms. The fraction of sp³-hybridized carbons (Fsp3) is 0.192. The predicted molar refractivity (Wildman–Crippen MR) is 529 cm³/mol. The molecule has 12 aromatic carbocycles. The van der Waals surface area contributed by atoms with Crippen molar-refractivity contribution in [2.45, 2.75) is 160 Å². The van der Waals surface area contributed by atoms with Gasteiger partial charge in [0.05, 0.1) is 43.6 Å². The van der Waals surface area contributed by atoms with Gasteiger partial charge in [0.15, 0.2) is 126 Å². The lowest BCUT2D eigenvalue weighted by atomic mass is 10.2. The van der Waals surface area contributed by atoms with E-state index in [9.17, 15) is 106 Å². The van der Waals surface area contributed by atoms with E-state index >= 15 is 0 Å². The minimum Gasteiger partial charge on any atom is -0.743 e. The molecular formula is C104H104F8O22S8. The van der Waals surface area contributed by atoms with Crippen molar-refractivity contribution in [1.29, 1.82) is 0 Å². The van der Waals surface area contributed by atoms with Gasteiger partial charge in [0.2, 0.25) is 0 Å². The third-order valence-electron chi connectivity index (χ3n) is 17.3. The van der Waals surface area contributed by atoms with Crippen LogP contribution < -0.4 is 9.47 Å². The van der Waals surface area contributed by atoms with Gasteiger partial charge in [-0.05, 0) is 239 Å². The van der Waals surface area contributed by atoms with Crippen LogP contribution in [0.1, 0.15) is 66.5 Å². The Kier molecular flexibility index (Phi) is 47.2. The SMILES string of the molecule is C=C(C)C(=O)OCC(F)(F)S(=O)(=O)[O-].C=C(C)C(=O)OCC(F)(F)S(=O)(=O)[O-].C=CC(=O)OCC(F)(F)S(=O)(=O)[O-].C=CC(=O)OCC(F)(F)S(=O)(=O)[O-].CC(C)(C)Oc1ccc([S+](c2ccccc2)c2ccccc2)cc1.CC(C)(C)Oc1ccc([S+](c2ccccc2)c2ccccc2)cc1.Cc1ccc([S+](c2ccccc2)c2ccccc2)cc1.Cc1ccc([S+](c2ccccc2)c2ccccc2)cc1. The lowest BCUT2D eigenvalue weighted by Gasteiger charge is -2.21. The Bertz CT molecular complexity index is 5940. The van der Waals surface area contributed by atoms with Gasteiger partial charge < -0.3 is 46.6 Å².